The van der Waals surface area contributed by atoms with Crippen LogP contribution in [0.15, 0.2) is 24.3 Å². The SMILES string of the molecule is CC(C)(C)OC(=O)N1CC(=O)C[C@@H]1Cc1ccc(Cl)cc1. The fourth-order valence-electron chi connectivity index (χ4n) is 2.37. The van der Waals surface area contributed by atoms with Gasteiger partial charge in [-0.15, -0.1) is 0 Å². The van der Waals surface area contributed by atoms with Crippen LogP contribution in [0.2, 0.25) is 5.02 Å². The van der Waals surface area contributed by atoms with E-state index in [9.17, 15) is 9.59 Å². The molecule has 0 aliphatic carbocycles. The predicted molar refractivity (Wildman–Crippen MR) is 81.5 cm³/mol. The molecule has 0 spiro atoms. The summed E-state index contributed by atoms with van der Waals surface area (Å²) in [5.41, 5.74) is 0.487. The van der Waals surface area contributed by atoms with Crippen LogP contribution >= 0.6 is 11.6 Å². The second-order valence-corrected chi connectivity index (χ2v) is 6.77. The van der Waals surface area contributed by atoms with Gasteiger partial charge in [0, 0.05) is 17.5 Å². The highest BCUT2D eigenvalue weighted by Crippen LogP contribution is 2.22. The number of Topliss-reactive ketones (excluding diaryl/α,β-unsaturated/α-hetero) is 1. The number of benzene rings is 1. The number of ketones is 1. The monoisotopic (exact) mass is 309 g/mol. The lowest BCUT2D eigenvalue weighted by Crippen LogP contribution is -2.40. The van der Waals surface area contributed by atoms with E-state index in [1.165, 1.54) is 4.90 Å². The van der Waals surface area contributed by atoms with E-state index in [2.05, 4.69) is 0 Å². The Hall–Kier alpha value is -1.55. The van der Waals surface area contributed by atoms with Crippen LogP contribution in [0.1, 0.15) is 32.8 Å². The van der Waals surface area contributed by atoms with Crippen LogP contribution in [0.3, 0.4) is 0 Å². The molecule has 21 heavy (non-hydrogen) atoms. The number of nitrogens with zero attached hydrogens (tertiary/aromatic N) is 1. The summed E-state index contributed by atoms with van der Waals surface area (Å²) in [5.74, 6) is 0.0693. The van der Waals surface area contributed by atoms with Crippen molar-refractivity contribution in [3.8, 4) is 0 Å². The van der Waals surface area contributed by atoms with E-state index < -0.39 is 11.7 Å². The number of likely N-dealkylation sites (tertiary alicyclic amines) is 1. The minimum absolute atomic E-state index is 0.0693. The first-order valence-corrected chi connectivity index (χ1v) is 7.38. The second kappa shape index (κ2) is 6.06. The van der Waals surface area contributed by atoms with Gasteiger partial charge in [0.1, 0.15) is 5.60 Å². The summed E-state index contributed by atoms with van der Waals surface area (Å²) < 4.78 is 5.37. The van der Waals surface area contributed by atoms with Crippen molar-refractivity contribution >= 4 is 23.5 Å². The van der Waals surface area contributed by atoms with E-state index in [0.717, 1.165) is 5.56 Å². The Morgan fingerprint density at radius 2 is 1.95 bits per heavy atom. The predicted octanol–water partition coefficient (Wildman–Crippen LogP) is 3.46. The van der Waals surface area contributed by atoms with Crippen LogP contribution < -0.4 is 0 Å². The lowest BCUT2D eigenvalue weighted by Gasteiger charge is -2.28. The molecular formula is C16H20ClNO3. The molecule has 1 saturated heterocycles. The van der Waals surface area contributed by atoms with Crippen molar-refractivity contribution in [1.82, 2.24) is 4.90 Å². The lowest BCUT2D eigenvalue weighted by molar-refractivity contribution is -0.117. The number of rotatable bonds is 2. The molecule has 0 aromatic heterocycles. The molecule has 1 fully saturated rings. The van der Waals surface area contributed by atoms with Crippen molar-refractivity contribution in [3.63, 3.8) is 0 Å². The van der Waals surface area contributed by atoms with Gasteiger partial charge in [0.25, 0.3) is 0 Å². The fraction of sp³-hybridized carbons (Fsp3) is 0.500. The molecule has 0 bridgehead atoms. The molecule has 5 heteroatoms. The van der Waals surface area contributed by atoms with Crippen LogP contribution in [0.5, 0.6) is 0 Å². The molecule has 1 aliphatic rings. The van der Waals surface area contributed by atoms with E-state index in [0.29, 0.717) is 17.9 Å². The third-order valence-corrected chi connectivity index (χ3v) is 3.52. The third kappa shape index (κ3) is 4.46. The molecular weight excluding hydrogens is 290 g/mol. The Bertz CT molecular complexity index is 533. The normalized spacial score (nSPS) is 19.0. The van der Waals surface area contributed by atoms with Gasteiger partial charge in [0.05, 0.1) is 6.54 Å². The Balaban J connectivity index is 2.08. The van der Waals surface area contributed by atoms with Gasteiger partial charge in [-0.1, -0.05) is 23.7 Å². The topological polar surface area (TPSA) is 46.6 Å². The quantitative estimate of drug-likeness (QED) is 0.840. The largest absolute Gasteiger partial charge is 0.444 e. The third-order valence-electron chi connectivity index (χ3n) is 3.26. The molecule has 1 aliphatic heterocycles. The molecule has 0 radical (unpaired) electrons. The van der Waals surface area contributed by atoms with Gasteiger partial charge in [-0.05, 0) is 44.9 Å². The van der Waals surface area contributed by atoms with E-state index in [4.69, 9.17) is 16.3 Å². The molecule has 1 aromatic carbocycles. The molecule has 1 amide bonds. The standard InChI is InChI=1S/C16H20ClNO3/c1-16(2,3)21-15(20)18-10-14(19)9-13(18)8-11-4-6-12(17)7-5-11/h4-7,13H,8-10H2,1-3H3/t13-/m0/s1. The van der Waals surface area contributed by atoms with Crippen molar-refractivity contribution in [2.45, 2.75) is 45.3 Å². The highest BCUT2D eigenvalue weighted by Gasteiger charge is 2.36. The zero-order valence-corrected chi connectivity index (χ0v) is 13.3. The van der Waals surface area contributed by atoms with Gasteiger partial charge in [-0.25, -0.2) is 4.79 Å². The summed E-state index contributed by atoms with van der Waals surface area (Å²) in [6.07, 6.45) is 0.580. The van der Waals surface area contributed by atoms with Crippen LogP contribution in [0.4, 0.5) is 4.79 Å². The second-order valence-electron chi connectivity index (χ2n) is 6.34. The molecule has 0 unspecified atom stereocenters. The maximum Gasteiger partial charge on any atom is 0.410 e. The van der Waals surface area contributed by atoms with E-state index in [-0.39, 0.29) is 18.4 Å². The summed E-state index contributed by atoms with van der Waals surface area (Å²) >= 11 is 5.86. The van der Waals surface area contributed by atoms with Crippen molar-refractivity contribution in [3.05, 3.63) is 34.9 Å². The molecule has 0 saturated carbocycles. The molecule has 114 valence electrons. The Morgan fingerprint density at radius 1 is 1.33 bits per heavy atom. The molecule has 2 rings (SSSR count). The van der Waals surface area contributed by atoms with Crippen molar-refractivity contribution in [2.75, 3.05) is 6.54 Å². The molecule has 0 N–H and O–H groups in total. The van der Waals surface area contributed by atoms with Crippen molar-refractivity contribution in [2.24, 2.45) is 0 Å². The number of halogens is 1. The van der Waals surface area contributed by atoms with E-state index in [1.54, 1.807) is 0 Å². The van der Waals surface area contributed by atoms with Crippen LogP contribution in [-0.4, -0.2) is 35.0 Å². The fourth-order valence-corrected chi connectivity index (χ4v) is 2.49. The average molecular weight is 310 g/mol. The molecule has 1 aromatic rings. The molecule has 1 atom stereocenters. The number of carbonyl (C=O) groups is 2. The van der Waals surface area contributed by atoms with Gasteiger partial charge in [-0.2, -0.15) is 0 Å². The van der Waals surface area contributed by atoms with Gasteiger partial charge in [0.15, 0.2) is 5.78 Å². The smallest absolute Gasteiger partial charge is 0.410 e. The van der Waals surface area contributed by atoms with Gasteiger partial charge in [0.2, 0.25) is 0 Å². The Morgan fingerprint density at radius 3 is 2.52 bits per heavy atom. The number of amides is 1. The maximum atomic E-state index is 12.2. The molecule has 4 nitrogen and oxygen atoms in total. The molecule has 1 heterocycles. The highest BCUT2D eigenvalue weighted by atomic mass is 35.5. The summed E-state index contributed by atoms with van der Waals surface area (Å²) in [4.78, 5) is 25.4. The van der Waals surface area contributed by atoms with E-state index in [1.807, 2.05) is 45.0 Å². The number of ether oxygens (including phenoxy) is 1. The lowest BCUT2D eigenvalue weighted by atomic mass is 10.0. The maximum absolute atomic E-state index is 12.2. The first-order valence-electron chi connectivity index (χ1n) is 7.00. The van der Waals surface area contributed by atoms with Gasteiger partial charge in [-0.3, -0.25) is 9.69 Å². The van der Waals surface area contributed by atoms with Crippen LogP contribution in [0.25, 0.3) is 0 Å². The zero-order valence-electron chi connectivity index (χ0n) is 12.6. The minimum Gasteiger partial charge on any atom is -0.444 e. The van der Waals surface area contributed by atoms with Crippen molar-refractivity contribution in [1.29, 1.82) is 0 Å². The Labute approximate surface area is 130 Å². The summed E-state index contributed by atoms with van der Waals surface area (Å²) in [6.45, 7) is 5.58. The minimum atomic E-state index is -0.562. The van der Waals surface area contributed by atoms with Crippen LogP contribution in [0, 0.1) is 0 Å². The highest BCUT2D eigenvalue weighted by molar-refractivity contribution is 6.30. The number of carbonyl (C=O) groups excluding carboxylic acids is 2. The first-order chi connectivity index (χ1) is 9.74. The summed E-state index contributed by atoms with van der Waals surface area (Å²) in [7, 11) is 0. The first kappa shape index (κ1) is 15.8. The van der Waals surface area contributed by atoms with E-state index >= 15 is 0 Å². The summed E-state index contributed by atoms with van der Waals surface area (Å²) in [6, 6.07) is 7.31. The average Bonchev–Trinajstić information content (AvgIpc) is 2.71. The van der Waals surface area contributed by atoms with Crippen molar-refractivity contribution < 1.29 is 14.3 Å². The van der Waals surface area contributed by atoms with Gasteiger partial charge >= 0.3 is 6.09 Å². The number of hydrogen-bond acceptors (Lipinski definition) is 3. The Kier molecular flexibility index (Phi) is 4.57. The summed E-state index contributed by atoms with van der Waals surface area (Å²) in [5, 5.41) is 0.672. The van der Waals surface area contributed by atoms with Gasteiger partial charge < -0.3 is 4.74 Å². The zero-order chi connectivity index (χ0) is 15.6. The van der Waals surface area contributed by atoms with Crippen LogP contribution in [-0.2, 0) is 16.0 Å². The number of hydrogen-bond donors (Lipinski definition) is 0.